The molecule has 2 nitrogen and oxygen atoms in total. The summed E-state index contributed by atoms with van der Waals surface area (Å²) in [6.45, 7) is 6.54. The van der Waals surface area contributed by atoms with E-state index in [0.717, 1.165) is 13.2 Å². The molecule has 0 bridgehead atoms. The minimum absolute atomic E-state index is 0.369. The average molecular weight is 243 g/mol. The van der Waals surface area contributed by atoms with Crippen molar-refractivity contribution in [2.24, 2.45) is 5.41 Å². The number of hydrogen-bond acceptors (Lipinski definition) is 2. The van der Waals surface area contributed by atoms with E-state index in [1.165, 1.54) is 51.4 Å². The Bertz CT molecular complexity index is 141. The Kier molecular flexibility index (Phi) is 11.0. The molecular formula is C15H33NO. The van der Waals surface area contributed by atoms with Crippen molar-refractivity contribution < 1.29 is 4.74 Å². The molecule has 0 spiro atoms. The number of nitrogens with one attached hydrogen (secondary N) is 1. The molecule has 0 aromatic heterocycles. The van der Waals surface area contributed by atoms with E-state index < -0.39 is 0 Å². The highest BCUT2D eigenvalue weighted by Crippen LogP contribution is 2.31. The molecule has 0 saturated heterocycles. The first-order chi connectivity index (χ1) is 8.24. The summed E-state index contributed by atoms with van der Waals surface area (Å²) in [6, 6.07) is 0. The van der Waals surface area contributed by atoms with Crippen LogP contribution in [-0.2, 0) is 4.74 Å². The third-order valence-electron chi connectivity index (χ3n) is 3.62. The zero-order valence-corrected chi connectivity index (χ0v) is 12.5. The summed E-state index contributed by atoms with van der Waals surface area (Å²) in [4.78, 5) is 0. The van der Waals surface area contributed by atoms with Gasteiger partial charge in [0, 0.05) is 19.1 Å². The number of unbranched alkanes of at least 4 members (excludes halogenated alkanes) is 4. The van der Waals surface area contributed by atoms with Gasteiger partial charge in [0.15, 0.2) is 0 Å². The van der Waals surface area contributed by atoms with Crippen molar-refractivity contribution in [3.05, 3.63) is 0 Å². The maximum atomic E-state index is 5.48. The first kappa shape index (κ1) is 16.9. The summed E-state index contributed by atoms with van der Waals surface area (Å²) in [5.74, 6) is 0. The van der Waals surface area contributed by atoms with Gasteiger partial charge >= 0.3 is 0 Å². The van der Waals surface area contributed by atoms with E-state index in [9.17, 15) is 0 Å². The molecule has 1 N–H and O–H groups in total. The third kappa shape index (κ3) is 7.77. The fourth-order valence-corrected chi connectivity index (χ4v) is 2.68. The molecule has 2 heteroatoms. The van der Waals surface area contributed by atoms with Crippen molar-refractivity contribution >= 4 is 0 Å². The molecule has 0 aromatic carbocycles. The lowest BCUT2D eigenvalue weighted by molar-refractivity contribution is 0.0615. The zero-order valence-electron chi connectivity index (χ0n) is 12.5. The van der Waals surface area contributed by atoms with Crippen molar-refractivity contribution in [3.8, 4) is 0 Å². The van der Waals surface area contributed by atoms with Gasteiger partial charge in [-0.25, -0.2) is 0 Å². The highest BCUT2D eigenvalue weighted by molar-refractivity contribution is 4.81. The van der Waals surface area contributed by atoms with Crippen LogP contribution in [0.25, 0.3) is 0 Å². The predicted molar refractivity (Wildman–Crippen MR) is 76.5 cm³/mol. The first-order valence-electron chi connectivity index (χ1n) is 7.38. The van der Waals surface area contributed by atoms with E-state index in [1.54, 1.807) is 0 Å². The molecule has 0 fully saturated rings. The molecule has 104 valence electrons. The van der Waals surface area contributed by atoms with Crippen molar-refractivity contribution in [1.29, 1.82) is 0 Å². The summed E-state index contributed by atoms with van der Waals surface area (Å²) < 4.78 is 5.48. The van der Waals surface area contributed by atoms with Gasteiger partial charge in [-0.15, -0.1) is 0 Å². The van der Waals surface area contributed by atoms with Gasteiger partial charge in [-0.1, -0.05) is 52.4 Å². The fraction of sp³-hybridized carbons (Fsp3) is 1.00. The summed E-state index contributed by atoms with van der Waals surface area (Å²) in [5.41, 5.74) is 0.369. The Labute approximate surface area is 109 Å². The van der Waals surface area contributed by atoms with Gasteiger partial charge in [-0.2, -0.15) is 0 Å². The molecule has 0 aliphatic rings. The standard InChI is InChI=1S/C15H33NO/c1-5-7-9-11-15(13-16-3,14-17-4)12-10-8-6-2/h16H,5-14H2,1-4H3. The third-order valence-corrected chi connectivity index (χ3v) is 3.62. The molecule has 0 amide bonds. The van der Waals surface area contributed by atoms with Crippen molar-refractivity contribution in [1.82, 2.24) is 5.32 Å². The maximum Gasteiger partial charge on any atom is 0.0530 e. The van der Waals surface area contributed by atoms with Crippen LogP contribution >= 0.6 is 0 Å². The van der Waals surface area contributed by atoms with E-state index in [4.69, 9.17) is 4.74 Å². The Morgan fingerprint density at radius 3 is 1.82 bits per heavy atom. The molecular weight excluding hydrogens is 210 g/mol. The Morgan fingerprint density at radius 2 is 1.47 bits per heavy atom. The lowest BCUT2D eigenvalue weighted by Crippen LogP contribution is -2.36. The van der Waals surface area contributed by atoms with Crippen LogP contribution in [0.3, 0.4) is 0 Å². The summed E-state index contributed by atoms with van der Waals surface area (Å²) in [5, 5.41) is 3.37. The fourth-order valence-electron chi connectivity index (χ4n) is 2.68. The van der Waals surface area contributed by atoms with Crippen LogP contribution in [0.5, 0.6) is 0 Å². The van der Waals surface area contributed by atoms with Crippen molar-refractivity contribution in [2.45, 2.75) is 65.2 Å². The van der Waals surface area contributed by atoms with Crippen LogP contribution in [0.2, 0.25) is 0 Å². The highest BCUT2D eigenvalue weighted by Gasteiger charge is 2.28. The van der Waals surface area contributed by atoms with Crippen molar-refractivity contribution in [2.75, 3.05) is 27.3 Å². The monoisotopic (exact) mass is 243 g/mol. The SMILES string of the molecule is CCCCCC(CCCCC)(CNC)COC. The summed E-state index contributed by atoms with van der Waals surface area (Å²) >= 11 is 0. The zero-order chi connectivity index (χ0) is 13.0. The Balaban J connectivity index is 4.25. The second-order valence-corrected chi connectivity index (χ2v) is 5.38. The number of hydrogen-bond donors (Lipinski definition) is 1. The molecule has 0 rings (SSSR count). The van der Waals surface area contributed by atoms with Crippen LogP contribution in [0.15, 0.2) is 0 Å². The number of rotatable bonds is 12. The predicted octanol–water partition coefficient (Wildman–Crippen LogP) is 4.00. The molecule has 0 aromatic rings. The second-order valence-electron chi connectivity index (χ2n) is 5.38. The van der Waals surface area contributed by atoms with Crippen molar-refractivity contribution in [3.63, 3.8) is 0 Å². The quantitative estimate of drug-likeness (QED) is 0.523. The van der Waals surface area contributed by atoms with Gasteiger partial charge in [0.1, 0.15) is 0 Å². The van der Waals surface area contributed by atoms with E-state index in [0.29, 0.717) is 5.41 Å². The van der Waals surface area contributed by atoms with Gasteiger partial charge in [-0.3, -0.25) is 0 Å². The van der Waals surface area contributed by atoms with E-state index >= 15 is 0 Å². The molecule has 0 unspecified atom stereocenters. The second kappa shape index (κ2) is 11.0. The largest absolute Gasteiger partial charge is 0.384 e. The van der Waals surface area contributed by atoms with Crippen LogP contribution in [0, 0.1) is 5.41 Å². The molecule has 0 saturated carbocycles. The normalized spacial score (nSPS) is 12.0. The van der Waals surface area contributed by atoms with E-state index in [2.05, 4.69) is 26.2 Å². The van der Waals surface area contributed by atoms with Gasteiger partial charge in [0.25, 0.3) is 0 Å². The summed E-state index contributed by atoms with van der Waals surface area (Å²) in [6.07, 6.45) is 10.6. The number of methoxy groups -OCH3 is 1. The lowest BCUT2D eigenvalue weighted by Gasteiger charge is -2.33. The van der Waals surface area contributed by atoms with Gasteiger partial charge in [-0.05, 0) is 19.9 Å². The van der Waals surface area contributed by atoms with Crippen LogP contribution in [0.4, 0.5) is 0 Å². The van der Waals surface area contributed by atoms with E-state index in [-0.39, 0.29) is 0 Å². The van der Waals surface area contributed by atoms with Crippen LogP contribution in [0.1, 0.15) is 65.2 Å². The molecule has 0 aliphatic heterocycles. The summed E-state index contributed by atoms with van der Waals surface area (Å²) in [7, 11) is 3.90. The molecule has 0 heterocycles. The smallest absolute Gasteiger partial charge is 0.0530 e. The molecule has 17 heavy (non-hydrogen) atoms. The minimum Gasteiger partial charge on any atom is -0.384 e. The van der Waals surface area contributed by atoms with Gasteiger partial charge in [0.05, 0.1) is 6.61 Å². The Morgan fingerprint density at radius 1 is 0.941 bits per heavy atom. The lowest BCUT2D eigenvalue weighted by atomic mass is 9.78. The van der Waals surface area contributed by atoms with Gasteiger partial charge in [0.2, 0.25) is 0 Å². The maximum absolute atomic E-state index is 5.48. The molecule has 0 atom stereocenters. The minimum atomic E-state index is 0.369. The number of ether oxygens (including phenoxy) is 1. The van der Waals surface area contributed by atoms with Crippen LogP contribution < -0.4 is 5.32 Å². The molecule has 0 aliphatic carbocycles. The molecule has 0 radical (unpaired) electrons. The topological polar surface area (TPSA) is 21.3 Å². The Hall–Kier alpha value is -0.0800. The average Bonchev–Trinajstić information content (AvgIpc) is 2.30. The van der Waals surface area contributed by atoms with E-state index in [1.807, 2.05) is 7.11 Å². The highest BCUT2D eigenvalue weighted by atomic mass is 16.5. The first-order valence-corrected chi connectivity index (χ1v) is 7.38. The van der Waals surface area contributed by atoms with Gasteiger partial charge < -0.3 is 10.1 Å². The van der Waals surface area contributed by atoms with Crippen LogP contribution in [-0.4, -0.2) is 27.3 Å².